The van der Waals surface area contributed by atoms with E-state index in [1.54, 1.807) is 0 Å². The van der Waals surface area contributed by atoms with Gasteiger partial charge >= 0.3 is 0 Å². The molecule has 0 bridgehead atoms. The molecule has 6 nitrogen and oxygen atoms in total. The molecule has 1 aromatic heterocycles. The van der Waals surface area contributed by atoms with Crippen molar-refractivity contribution in [1.82, 2.24) is 9.88 Å². The van der Waals surface area contributed by atoms with Crippen LogP contribution in [-0.2, 0) is 11.3 Å². The minimum absolute atomic E-state index is 0.0490. The van der Waals surface area contributed by atoms with Crippen LogP contribution in [0.5, 0.6) is 11.5 Å². The topological polar surface area (TPSA) is 63.8 Å². The van der Waals surface area contributed by atoms with Crippen LogP contribution >= 0.6 is 0 Å². The van der Waals surface area contributed by atoms with Crippen LogP contribution in [0.4, 0.5) is 0 Å². The van der Waals surface area contributed by atoms with Crippen molar-refractivity contribution in [2.45, 2.75) is 38.3 Å². The van der Waals surface area contributed by atoms with Crippen molar-refractivity contribution in [2.24, 2.45) is 0 Å². The lowest BCUT2D eigenvalue weighted by atomic mass is 10.1. The van der Waals surface area contributed by atoms with Gasteiger partial charge in [-0.1, -0.05) is 0 Å². The van der Waals surface area contributed by atoms with Gasteiger partial charge in [-0.2, -0.15) is 0 Å². The number of aromatic amines is 1. The molecule has 0 saturated carbocycles. The molecule has 25 heavy (non-hydrogen) atoms. The molecule has 2 aromatic rings. The van der Waals surface area contributed by atoms with E-state index in [1.165, 1.54) is 12.8 Å². The van der Waals surface area contributed by atoms with E-state index >= 15 is 0 Å². The van der Waals surface area contributed by atoms with Crippen LogP contribution in [0.1, 0.15) is 31.2 Å². The molecule has 0 spiro atoms. The van der Waals surface area contributed by atoms with Crippen LogP contribution < -0.4 is 15.0 Å². The Morgan fingerprint density at radius 1 is 1.20 bits per heavy atom. The molecule has 0 aliphatic carbocycles. The quantitative estimate of drug-likeness (QED) is 0.903. The van der Waals surface area contributed by atoms with Crippen LogP contribution in [0.25, 0.3) is 10.9 Å². The molecule has 0 amide bonds. The molecule has 134 valence electrons. The average Bonchev–Trinajstić information content (AvgIpc) is 3.07. The summed E-state index contributed by atoms with van der Waals surface area (Å²) in [7, 11) is 2.05. The highest BCUT2D eigenvalue weighted by atomic mass is 16.7. The van der Waals surface area contributed by atoms with E-state index in [0.717, 1.165) is 48.2 Å². The van der Waals surface area contributed by atoms with E-state index < -0.39 is 0 Å². The van der Waals surface area contributed by atoms with Crippen molar-refractivity contribution < 1.29 is 14.2 Å². The zero-order chi connectivity index (χ0) is 17.2. The Morgan fingerprint density at radius 3 is 2.84 bits per heavy atom. The number of fused-ring (bicyclic) bond motifs is 2. The van der Waals surface area contributed by atoms with Gasteiger partial charge in [0, 0.05) is 36.7 Å². The van der Waals surface area contributed by atoms with Gasteiger partial charge in [0.15, 0.2) is 11.5 Å². The molecule has 2 aliphatic heterocycles. The number of H-pyrrole nitrogens is 1. The molecule has 3 heterocycles. The van der Waals surface area contributed by atoms with Gasteiger partial charge in [0.2, 0.25) is 6.79 Å². The summed E-state index contributed by atoms with van der Waals surface area (Å²) in [6, 6.07) is 5.70. The molecule has 2 aliphatic rings. The van der Waals surface area contributed by atoms with Gasteiger partial charge in [0.1, 0.15) is 0 Å². The summed E-state index contributed by atoms with van der Waals surface area (Å²) in [6.45, 7) is 2.65. The predicted molar refractivity (Wildman–Crippen MR) is 95.2 cm³/mol. The Labute approximate surface area is 146 Å². The second-order valence-electron chi connectivity index (χ2n) is 6.93. The number of aromatic nitrogens is 1. The zero-order valence-electron chi connectivity index (χ0n) is 14.5. The summed E-state index contributed by atoms with van der Waals surface area (Å²) in [5.41, 5.74) is 1.49. The van der Waals surface area contributed by atoms with Crippen molar-refractivity contribution in [2.75, 3.05) is 27.0 Å². The van der Waals surface area contributed by atoms with Gasteiger partial charge in [-0.3, -0.25) is 4.79 Å². The summed E-state index contributed by atoms with van der Waals surface area (Å²) in [5, 5.41) is 0.961. The highest BCUT2D eigenvalue weighted by Gasteiger charge is 2.17. The number of hydrogen-bond acceptors (Lipinski definition) is 5. The summed E-state index contributed by atoms with van der Waals surface area (Å²) in [4.78, 5) is 17.5. The average molecular weight is 344 g/mol. The number of benzene rings is 1. The Hall–Kier alpha value is -2.05. The van der Waals surface area contributed by atoms with Crippen molar-refractivity contribution in [3.8, 4) is 11.5 Å². The van der Waals surface area contributed by atoms with Crippen LogP contribution in [-0.4, -0.2) is 43.0 Å². The summed E-state index contributed by atoms with van der Waals surface area (Å²) < 4.78 is 16.6. The first-order chi connectivity index (χ1) is 12.2. The molecular weight excluding hydrogens is 320 g/mol. The molecule has 6 heteroatoms. The lowest BCUT2D eigenvalue weighted by Crippen LogP contribution is -2.28. The lowest BCUT2D eigenvalue weighted by Gasteiger charge is -2.25. The Kier molecular flexibility index (Phi) is 4.63. The molecule has 4 rings (SSSR count). The second-order valence-corrected chi connectivity index (χ2v) is 6.93. The van der Waals surface area contributed by atoms with Crippen LogP contribution in [0.3, 0.4) is 0 Å². The van der Waals surface area contributed by atoms with Gasteiger partial charge in [0.05, 0.1) is 11.6 Å². The van der Waals surface area contributed by atoms with E-state index in [4.69, 9.17) is 14.2 Å². The molecule has 1 N–H and O–H groups in total. The SMILES string of the molecule is CN(CC[C@H]1CCCCO1)Cc1cc2cc3c(cc2[nH]c1=O)OCO3. The maximum absolute atomic E-state index is 12.4. The Bertz CT molecular complexity index is 811. The third-order valence-electron chi connectivity index (χ3n) is 4.96. The molecular formula is C19H24N2O4. The molecule has 1 saturated heterocycles. The molecule has 1 aromatic carbocycles. The van der Waals surface area contributed by atoms with Crippen LogP contribution in [0.2, 0.25) is 0 Å². The van der Waals surface area contributed by atoms with E-state index in [0.29, 0.717) is 18.4 Å². The molecule has 1 atom stereocenters. The maximum Gasteiger partial charge on any atom is 0.252 e. The standard InChI is InChI=1S/C19H24N2O4/c1-21(6-5-15-4-2-3-7-23-15)11-14-8-13-9-17-18(25-12-24-17)10-16(13)20-19(14)22/h8-10,15H,2-7,11-12H2,1H3,(H,20,22)/t15-/m1/s1. The third-order valence-corrected chi connectivity index (χ3v) is 4.96. The molecule has 0 radical (unpaired) electrons. The maximum atomic E-state index is 12.4. The summed E-state index contributed by atoms with van der Waals surface area (Å²) in [6.07, 6.45) is 4.97. The first-order valence-electron chi connectivity index (χ1n) is 8.95. The number of pyridine rings is 1. The monoisotopic (exact) mass is 344 g/mol. The normalized spacial score (nSPS) is 19.7. The first-order valence-corrected chi connectivity index (χ1v) is 8.95. The number of nitrogens with one attached hydrogen (secondary N) is 1. The fourth-order valence-electron chi connectivity index (χ4n) is 3.53. The van der Waals surface area contributed by atoms with Crippen molar-refractivity contribution in [3.05, 3.63) is 34.1 Å². The van der Waals surface area contributed by atoms with Crippen molar-refractivity contribution in [3.63, 3.8) is 0 Å². The lowest BCUT2D eigenvalue weighted by molar-refractivity contribution is 0.00639. The van der Waals surface area contributed by atoms with Gasteiger partial charge < -0.3 is 24.1 Å². The fraction of sp³-hybridized carbons (Fsp3) is 0.526. The fourth-order valence-corrected chi connectivity index (χ4v) is 3.53. The van der Waals surface area contributed by atoms with E-state index in [-0.39, 0.29) is 12.4 Å². The molecule has 1 fully saturated rings. The largest absolute Gasteiger partial charge is 0.454 e. The minimum Gasteiger partial charge on any atom is -0.454 e. The summed E-state index contributed by atoms with van der Waals surface area (Å²) >= 11 is 0. The van der Waals surface area contributed by atoms with E-state index in [9.17, 15) is 4.79 Å². The highest BCUT2D eigenvalue weighted by molar-refractivity contribution is 5.83. The summed E-state index contributed by atoms with van der Waals surface area (Å²) in [5.74, 6) is 1.41. The number of nitrogens with zero attached hydrogens (tertiary/aromatic N) is 1. The Balaban J connectivity index is 1.46. The zero-order valence-corrected chi connectivity index (χ0v) is 14.5. The number of ether oxygens (including phenoxy) is 3. The minimum atomic E-state index is -0.0490. The number of hydrogen-bond donors (Lipinski definition) is 1. The van der Waals surface area contributed by atoms with Gasteiger partial charge in [-0.15, -0.1) is 0 Å². The van der Waals surface area contributed by atoms with Crippen LogP contribution in [0.15, 0.2) is 23.0 Å². The van der Waals surface area contributed by atoms with Gasteiger partial charge in [0.25, 0.3) is 5.56 Å². The second kappa shape index (κ2) is 7.06. The van der Waals surface area contributed by atoms with E-state index in [1.807, 2.05) is 25.2 Å². The van der Waals surface area contributed by atoms with E-state index in [2.05, 4.69) is 9.88 Å². The Morgan fingerprint density at radius 2 is 2.04 bits per heavy atom. The number of rotatable bonds is 5. The smallest absolute Gasteiger partial charge is 0.252 e. The predicted octanol–water partition coefficient (Wildman–Crippen LogP) is 2.65. The van der Waals surface area contributed by atoms with Crippen molar-refractivity contribution in [1.29, 1.82) is 0 Å². The molecule has 0 unspecified atom stereocenters. The van der Waals surface area contributed by atoms with Gasteiger partial charge in [-0.05, 0) is 44.9 Å². The van der Waals surface area contributed by atoms with Crippen LogP contribution in [0, 0.1) is 0 Å². The third kappa shape index (κ3) is 3.65. The first kappa shape index (κ1) is 16.4. The highest BCUT2D eigenvalue weighted by Crippen LogP contribution is 2.35. The van der Waals surface area contributed by atoms with Crippen molar-refractivity contribution >= 4 is 10.9 Å². The van der Waals surface area contributed by atoms with Gasteiger partial charge in [-0.25, -0.2) is 0 Å².